The van der Waals surface area contributed by atoms with E-state index in [1.807, 2.05) is 30.3 Å². The number of hydrogen-bond acceptors (Lipinski definition) is 3. The van der Waals surface area contributed by atoms with E-state index in [2.05, 4.69) is 25.9 Å². The maximum absolute atomic E-state index is 5.80. The smallest absolute Gasteiger partial charge is 0.118 e. The average Bonchev–Trinajstić information content (AvgIpc) is 2.22. The van der Waals surface area contributed by atoms with Crippen LogP contribution in [0, 0.1) is 0 Å². The molecule has 0 spiro atoms. The molecule has 76 valence electrons. The van der Waals surface area contributed by atoms with Crippen molar-refractivity contribution < 1.29 is 0 Å². The minimum absolute atomic E-state index is 0.739. The van der Waals surface area contributed by atoms with Crippen molar-refractivity contribution in [3.63, 3.8) is 0 Å². The highest BCUT2D eigenvalue weighted by atomic mass is 79.9. The fourth-order valence-electron chi connectivity index (χ4n) is 0.997. The molecule has 5 heteroatoms. The first-order chi connectivity index (χ1) is 7.24. The molecule has 0 aliphatic rings. The number of benzene rings is 1. The summed E-state index contributed by atoms with van der Waals surface area (Å²) >= 11 is 10.7. The second-order valence-electron chi connectivity index (χ2n) is 2.73. The van der Waals surface area contributed by atoms with Crippen LogP contribution in [-0.4, -0.2) is 9.97 Å². The highest BCUT2D eigenvalue weighted by molar-refractivity contribution is 9.10. The highest BCUT2D eigenvalue weighted by Crippen LogP contribution is 2.27. The fraction of sp³-hybridized carbons (Fsp3) is 0. The van der Waals surface area contributed by atoms with Gasteiger partial charge in [0.25, 0.3) is 0 Å². The Balaban J connectivity index is 2.18. The van der Waals surface area contributed by atoms with Crippen LogP contribution < -0.4 is 0 Å². The number of aromatic nitrogens is 2. The Hall–Kier alpha value is -0.580. The molecule has 0 unspecified atom stereocenters. The van der Waals surface area contributed by atoms with Crippen LogP contribution in [0.1, 0.15) is 0 Å². The molecule has 1 aromatic heterocycles. The summed E-state index contributed by atoms with van der Waals surface area (Å²) in [6.45, 7) is 0. The molecule has 0 amide bonds. The molecule has 0 saturated carbocycles. The molecule has 0 bridgehead atoms. The topological polar surface area (TPSA) is 25.8 Å². The zero-order valence-corrected chi connectivity index (χ0v) is 10.7. The van der Waals surface area contributed by atoms with Crippen LogP contribution in [0.5, 0.6) is 0 Å². The van der Waals surface area contributed by atoms with E-state index in [4.69, 9.17) is 11.6 Å². The summed E-state index contributed by atoms with van der Waals surface area (Å²) in [6, 6.07) is 9.52. The van der Waals surface area contributed by atoms with Crippen LogP contribution >= 0.6 is 39.3 Å². The third-order valence-corrected chi connectivity index (χ3v) is 3.27. The molecule has 0 aliphatic heterocycles. The molecule has 0 radical (unpaired) electrons. The van der Waals surface area contributed by atoms with Crippen LogP contribution in [0.25, 0.3) is 0 Å². The Bertz CT molecular complexity index is 461. The number of halogens is 2. The zero-order valence-electron chi connectivity index (χ0n) is 7.52. The van der Waals surface area contributed by atoms with Crippen LogP contribution in [-0.2, 0) is 0 Å². The lowest BCUT2D eigenvalue weighted by atomic mass is 10.4. The molecule has 0 aliphatic carbocycles. The van der Waals surface area contributed by atoms with Gasteiger partial charge in [-0.15, -0.1) is 0 Å². The van der Waals surface area contributed by atoms with E-state index in [1.165, 1.54) is 6.33 Å². The molecule has 2 aromatic rings. The molecular formula is C10H6BrClN2S. The van der Waals surface area contributed by atoms with Crippen molar-refractivity contribution in [3.05, 3.63) is 46.3 Å². The van der Waals surface area contributed by atoms with Gasteiger partial charge in [0.2, 0.25) is 0 Å². The van der Waals surface area contributed by atoms with E-state index in [0.29, 0.717) is 0 Å². The standard InChI is InChI=1S/C10H6BrClN2S/c11-9-5-10(14-6-13-9)15-8-3-1-7(12)2-4-8/h1-6H. The Morgan fingerprint density at radius 1 is 1.13 bits per heavy atom. The first-order valence-electron chi connectivity index (χ1n) is 4.15. The van der Waals surface area contributed by atoms with E-state index in [0.717, 1.165) is 19.5 Å². The van der Waals surface area contributed by atoms with Gasteiger partial charge < -0.3 is 0 Å². The van der Waals surface area contributed by atoms with Crippen LogP contribution in [0.3, 0.4) is 0 Å². The van der Waals surface area contributed by atoms with Crippen LogP contribution in [0.15, 0.2) is 51.2 Å². The van der Waals surface area contributed by atoms with E-state index in [1.54, 1.807) is 11.8 Å². The molecule has 1 heterocycles. The predicted molar refractivity (Wildman–Crippen MR) is 65.3 cm³/mol. The van der Waals surface area contributed by atoms with Gasteiger partial charge in [-0.2, -0.15) is 0 Å². The zero-order chi connectivity index (χ0) is 10.7. The monoisotopic (exact) mass is 300 g/mol. The Labute approximate surface area is 105 Å². The highest BCUT2D eigenvalue weighted by Gasteiger charge is 1.99. The van der Waals surface area contributed by atoms with Gasteiger partial charge >= 0.3 is 0 Å². The largest absolute Gasteiger partial charge is 0.230 e. The second kappa shape index (κ2) is 4.96. The van der Waals surface area contributed by atoms with Crippen molar-refractivity contribution >= 4 is 39.3 Å². The van der Waals surface area contributed by atoms with Gasteiger partial charge in [0.15, 0.2) is 0 Å². The normalized spacial score (nSPS) is 10.3. The third kappa shape index (κ3) is 3.19. The summed E-state index contributed by atoms with van der Waals surface area (Å²) in [5.41, 5.74) is 0. The lowest BCUT2D eigenvalue weighted by Crippen LogP contribution is -1.82. The average molecular weight is 302 g/mol. The van der Waals surface area contributed by atoms with E-state index < -0.39 is 0 Å². The van der Waals surface area contributed by atoms with E-state index >= 15 is 0 Å². The SMILES string of the molecule is Clc1ccc(Sc2cc(Br)ncn2)cc1. The van der Waals surface area contributed by atoms with E-state index in [-0.39, 0.29) is 0 Å². The summed E-state index contributed by atoms with van der Waals surface area (Å²) in [5.74, 6) is 0. The third-order valence-electron chi connectivity index (χ3n) is 1.64. The van der Waals surface area contributed by atoms with Gasteiger partial charge in [0.1, 0.15) is 16.0 Å². The maximum atomic E-state index is 5.80. The van der Waals surface area contributed by atoms with Crippen molar-refractivity contribution in [2.45, 2.75) is 9.92 Å². The summed E-state index contributed by atoms with van der Waals surface area (Å²) < 4.78 is 0.786. The molecule has 0 fully saturated rings. The van der Waals surface area contributed by atoms with Gasteiger partial charge in [0.05, 0.1) is 0 Å². The maximum Gasteiger partial charge on any atom is 0.118 e. The Kier molecular flexibility index (Phi) is 3.61. The molecule has 0 saturated heterocycles. The molecule has 15 heavy (non-hydrogen) atoms. The Morgan fingerprint density at radius 3 is 2.53 bits per heavy atom. The van der Waals surface area contributed by atoms with Gasteiger partial charge in [-0.25, -0.2) is 9.97 Å². The first-order valence-corrected chi connectivity index (χ1v) is 6.14. The molecule has 2 rings (SSSR count). The number of rotatable bonds is 2. The van der Waals surface area contributed by atoms with Crippen molar-refractivity contribution in [1.82, 2.24) is 9.97 Å². The fourth-order valence-corrected chi connectivity index (χ4v) is 2.37. The van der Waals surface area contributed by atoms with Gasteiger partial charge in [0, 0.05) is 16.0 Å². The van der Waals surface area contributed by atoms with Crippen molar-refractivity contribution in [1.29, 1.82) is 0 Å². The second-order valence-corrected chi connectivity index (χ2v) is 5.08. The van der Waals surface area contributed by atoms with Crippen LogP contribution in [0.4, 0.5) is 0 Å². The number of hydrogen-bond donors (Lipinski definition) is 0. The van der Waals surface area contributed by atoms with Gasteiger partial charge in [-0.1, -0.05) is 23.4 Å². The van der Waals surface area contributed by atoms with Gasteiger partial charge in [-0.05, 0) is 40.2 Å². The summed E-state index contributed by atoms with van der Waals surface area (Å²) in [7, 11) is 0. The number of nitrogens with zero attached hydrogens (tertiary/aromatic N) is 2. The Morgan fingerprint density at radius 2 is 1.87 bits per heavy atom. The lowest BCUT2D eigenvalue weighted by molar-refractivity contribution is 1.03. The minimum atomic E-state index is 0.739. The van der Waals surface area contributed by atoms with Crippen molar-refractivity contribution in [3.8, 4) is 0 Å². The molecular weight excluding hydrogens is 296 g/mol. The minimum Gasteiger partial charge on any atom is -0.230 e. The molecule has 2 nitrogen and oxygen atoms in total. The lowest BCUT2D eigenvalue weighted by Gasteiger charge is -2.00. The first kappa shape index (κ1) is 10.9. The summed E-state index contributed by atoms with van der Waals surface area (Å²) in [5, 5.41) is 1.64. The van der Waals surface area contributed by atoms with Crippen molar-refractivity contribution in [2.75, 3.05) is 0 Å². The summed E-state index contributed by atoms with van der Waals surface area (Å²) in [6.07, 6.45) is 1.53. The van der Waals surface area contributed by atoms with Crippen molar-refractivity contribution in [2.24, 2.45) is 0 Å². The van der Waals surface area contributed by atoms with Gasteiger partial charge in [-0.3, -0.25) is 0 Å². The quantitative estimate of drug-likeness (QED) is 0.783. The molecule has 0 atom stereocenters. The van der Waals surface area contributed by atoms with E-state index in [9.17, 15) is 0 Å². The van der Waals surface area contributed by atoms with Crippen LogP contribution in [0.2, 0.25) is 5.02 Å². The predicted octanol–water partition coefficient (Wildman–Crippen LogP) is 4.04. The molecule has 1 aromatic carbocycles. The molecule has 0 N–H and O–H groups in total. The summed E-state index contributed by atoms with van der Waals surface area (Å²) in [4.78, 5) is 9.21.